The monoisotopic (exact) mass is 914 g/mol. The van der Waals surface area contributed by atoms with Gasteiger partial charge in [-0.25, -0.2) is 0 Å². The van der Waals surface area contributed by atoms with E-state index >= 15 is 0 Å². The van der Waals surface area contributed by atoms with Gasteiger partial charge in [-0.1, -0.05) is 212 Å². The lowest BCUT2D eigenvalue weighted by Gasteiger charge is -2.29. The third kappa shape index (κ3) is 6.88. The Balaban J connectivity index is 1.06. The van der Waals surface area contributed by atoms with Gasteiger partial charge in [0.15, 0.2) is 0 Å². The molecule has 14 rings (SSSR count). The summed E-state index contributed by atoms with van der Waals surface area (Å²) in [5.41, 5.74) is 16.2. The van der Waals surface area contributed by atoms with E-state index in [0.29, 0.717) is 0 Å². The van der Waals surface area contributed by atoms with Crippen LogP contribution in [0.5, 0.6) is 0 Å². The van der Waals surface area contributed by atoms with E-state index in [4.69, 9.17) is 0 Å². The minimum atomic E-state index is 1.07. The molecule has 13 aromatic carbocycles. The van der Waals surface area contributed by atoms with Crippen molar-refractivity contribution in [1.82, 2.24) is 4.57 Å². The van der Waals surface area contributed by atoms with Gasteiger partial charge in [0.25, 0.3) is 0 Å². The molecule has 0 amide bonds. The zero-order chi connectivity index (χ0) is 47.5. The van der Waals surface area contributed by atoms with Crippen molar-refractivity contribution < 1.29 is 0 Å². The maximum Gasteiger partial charge on any atom is 0.0547 e. The van der Waals surface area contributed by atoms with Crippen LogP contribution in [-0.2, 0) is 0 Å². The summed E-state index contributed by atoms with van der Waals surface area (Å²) < 4.78 is 2.42. The van der Waals surface area contributed by atoms with Crippen LogP contribution in [0.4, 0.5) is 17.1 Å². The van der Waals surface area contributed by atoms with Gasteiger partial charge in [0, 0.05) is 33.4 Å². The number of hydrogen-bond acceptors (Lipinski definition) is 1. The van der Waals surface area contributed by atoms with Crippen LogP contribution in [0.15, 0.2) is 279 Å². The molecule has 0 saturated carbocycles. The van der Waals surface area contributed by atoms with Gasteiger partial charge in [0.1, 0.15) is 0 Å². The predicted octanol–water partition coefficient (Wildman–Crippen LogP) is 19.5. The van der Waals surface area contributed by atoms with Crippen molar-refractivity contribution >= 4 is 82.0 Å². The van der Waals surface area contributed by atoms with E-state index < -0.39 is 0 Å². The van der Waals surface area contributed by atoms with Crippen molar-refractivity contribution in [3.8, 4) is 50.2 Å². The van der Waals surface area contributed by atoms with Crippen molar-refractivity contribution in [1.29, 1.82) is 0 Å². The van der Waals surface area contributed by atoms with Crippen LogP contribution in [-0.4, -0.2) is 4.57 Å². The number of fused-ring (bicyclic) bond motifs is 10. The van der Waals surface area contributed by atoms with E-state index in [-0.39, 0.29) is 0 Å². The molecule has 14 aromatic rings. The molecule has 0 aliphatic carbocycles. The van der Waals surface area contributed by atoms with E-state index in [2.05, 4.69) is 289 Å². The largest absolute Gasteiger partial charge is 0.310 e. The quantitative estimate of drug-likeness (QED) is 0.138. The Hall–Kier alpha value is -9.50. The highest BCUT2D eigenvalue weighted by molar-refractivity contribution is 6.27. The number of hydrogen-bond donors (Lipinski definition) is 0. The predicted molar refractivity (Wildman–Crippen MR) is 307 cm³/mol. The maximum absolute atomic E-state index is 2.49. The Morgan fingerprint density at radius 2 is 0.722 bits per heavy atom. The third-order valence-electron chi connectivity index (χ3n) is 14.8. The van der Waals surface area contributed by atoms with Crippen LogP contribution in [0.25, 0.3) is 115 Å². The Kier molecular flexibility index (Phi) is 9.89. The first-order valence-electron chi connectivity index (χ1n) is 24.8. The van der Waals surface area contributed by atoms with Gasteiger partial charge in [0.05, 0.1) is 16.7 Å². The molecular weight excluding hydrogens is 869 g/mol. The Morgan fingerprint density at radius 1 is 0.250 bits per heavy atom. The van der Waals surface area contributed by atoms with Crippen molar-refractivity contribution in [3.05, 3.63) is 279 Å². The fraction of sp³-hybridized carbons (Fsp3) is 0. The highest BCUT2D eigenvalue weighted by atomic mass is 15.1. The Morgan fingerprint density at radius 3 is 1.39 bits per heavy atom. The molecule has 0 fully saturated rings. The number of aromatic nitrogens is 1. The van der Waals surface area contributed by atoms with Crippen molar-refractivity contribution in [2.24, 2.45) is 0 Å². The number of benzene rings is 13. The Labute approximate surface area is 418 Å². The molecule has 72 heavy (non-hydrogen) atoms. The van der Waals surface area contributed by atoms with Crippen molar-refractivity contribution in [2.45, 2.75) is 0 Å². The fourth-order valence-electron chi connectivity index (χ4n) is 11.4. The summed E-state index contributed by atoms with van der Waals surface area (Å²) in [6.45, 7) is 0. The molecule has 336 valence electrons. The molecule has 1 aromatic heterocycles. The summed E-state index contributed by atoms with van der Waals surface area (Å²) in [5, 5.41) is 12.3. The molecule has 0 spiro atoms. The van der Waals surface area contributed by atoms with Crippen LogP contribution >= 0.6 is 0 Å². The number of para-hydroxylation sites is 2. The summed E-state index contributed by atoms with van der Waals surface area (Å²) >= 11 is 0. The number of anilines is 3. The summed E-state index contributed by atoms with van der Waals surface area (Å²) in [4.78, 5) is 2.49. The van der Waals surface area contributed by atoms with Gasteiger partial charge in [-0.2, -0.15) is 0 Å². The van der Waals surface area contributed by atoms with Gasteiger partial charge >= 0.3 is 0 Å². The molecule has 0 N–H and O–H groups in total. The molecule has 0 aliphatic heterocycles. The lowest BCUT2D eigenvalue weighted by atomic mass is 9.89. The Bertz CT molecular complexity index is 4360. The van der Waals surface area contributed by atoms with E-state index in [0.717, 1.165) is 28.3 Å². The molecule has 0 unspecified atom stereocenters. The van der Waals surface area contributed by atoms with E-state index in [1.165, 1.54) is 104 Å². The minimum Gasteiger partial charge on any atom is -0.310 e. The molecule has 1 heterocycles. The van der Waals surface area contributed by atoms with Gasteiger partial charge in [-0.15, -0.1) is 0 Å². The number of rotatable bonds is 8. The molecule has 2 nitrogen and oxygen atoms in total. The topological polar surface area (TPSA) is 8.17 Å². The second-order valence-corrected chi connectivity index (χ2v) is 18.8. The van der Waals surface area contributed by atoms with Crippen LogP contribution in [0.3, 0.4) is 0 Å². The van der Waals surface area contributed by atoms with Crippen molar-refractivity contribution in [2.75, 3.05) is 4.90 Å². The maximum atomic E-state index is 2.49. The second kappa shape index (κ2) is 17.2. The average molecular weight is 915 g/mol. The average Bonchev–Trinajstić information content (AvgIpc) is 3.81. The molecule has 0 radical (unpaired) electrons. The normalized spacial score (nSPS) is 11.6. The molecule has 0 saturated heterocycles. The van der Waals surface area contributed by atoms with Crippen LogP contribution in [0.1, 0.15) is 0 Å². The highest BCUT2D eigenvalue weighted by Crippen LogP contribution is 2.49. The molecule has 2 heteroatoms. The zero-order valence-corrected chi connectivity index (χ0v) is 39.5. The summed E-state index contributed by atoms with van der Waals surface area (Å²) in [7, 11) is 0. The van der Waals surface area contributed by atoms with Gasteiger partial charge in [-0.3, -0.25) is 0 Å². The van der Waals surface area contributed by atoms with E-state index in [1.54, 1.807) is 0 Å². The van der Waals surface area contributed by atoms with Crippen LogP contribution in [0.2, 0.25) is 0 Å². The first-order chi connectivity index (χ1) is 35.7. The second-order valence-electron chi connectivity index (χ2n) is 18.8. The van der Waals surface area contributed by atoms with Gasteiger partial charge in [-0.05, 0) is 149 Å². The molecule has 0 bridgehead atoms. The van der Waals surface area contributed by atoms with Crippen molar-refractivity contribution in [3.63, 3.8) is 0 Å². The number of nitrogens with zero attached hydrogens (tertiary/aromatic N) is 2. The fourth-order valence-corrected chi connectivity index (χ4v) is 11.4. The SMILES string of the molecule is c1ccc(-c2ccccc2-c2ccc(N(c3ccc(-c4ccc5ccccc5c4)cc3)c3cc4c5ccccc5c5ccccc5c4cc3-c3cccc4c3c3ccccc3n4-c3ccccc3)cc2)cc1. The summed E-state index contributed by atoms with van der Waals surface area (Å²) in [5.74, 6) is 0. The van der Waals surface area contributed by atoms with Gasteiger partial charge < -0.3 is 9.47 Å². The van der Waals surface area contributed by atoms with E-state index in [1.807, 2.05) is 0 Å². The summed E-state index contributed by atoms with van der Waals surface area (Å²) in [6, 6.07) is 103. The molecule has 0 aliphatic rings. The van der Waals surface area contributed by atoms with Gasteiger partial charge in [0.2, 0.25) is 0 Å². The zero-order valence-electron chi connectivity index (χ0n) is 39.5. The highest BCUT2D eigenvalue weighted by Gasteiger charge is 2.24. The standard InChI is InChI=1S/C70H46N2/c1-3-19-49(20-4-1)56-24-9-10-25-57(56)50-38-42-55(43-39-50)71(54-40-36-48(37-41-54)52-35-34-47-18-7-8-21-51(47)44-52)69-46-65-61-29-14-12-27-59(61)58-26-11-13-28-60(58)64(65)45-66(69)62-31-17-33-68-70(62)63-30-15-16-32-67(63)72(68)53-22-5-2-6-23-53/h1-46H. The lowest BCUT2D eigenvalue weighted by Crippen LogP contribution is -2.11. The van der Waals surface area contributed by atoms with Crippen LogP contribution in [0, 0.1) is 0 Å². The van der Waals surface area contributed by atoms with E-state index in [9.17, 15) is 0 Å². The summed E-state index contributed by atoms with van der Waals surface area (Å²) in [6.07, 6.45) is 0. The molecule has 0 atom stereocenters. The first-order valence-corrected chi connectivity index (χ1v) is 24.8. The first kappa shape index (κ1) is 41.5. The third-order valence-corrected chi connectivity index (χ3v) is 14.8. The molecular formula is C70H46N2. The lowest BCUT2D eigenvalue weighted by molar-refractivity contribution is 1.18. The smallest absolute Gasteiger partial charge is 0.0547 e. The minimum absolute atomic E-state index is 1.07. The van der Waals surface area contributed by atoms with Crippen LogP contribution < -0.4 is 4.90 Å².